The first kappa shape index (κ1) is 36.2. The number of fused-ring (bicyclic) bond motifs is 6. The van der Waals surface area contributed by atoms with Crippen molar-refractivity contribution in [3.8, 4) is 67.3 Å². The number of rotatable bonds is 7. The molecular formula is C59H38N2S. The Hall–Kier alpha value is -7.72. The lowest BCUT2D eigenvalue weighted by Crippen LogP contribution is -2.28. The SMILES string of the molecule is c1ccc(-c2cc(-c3ccc4sc5ccccc5c4c3)cc(-c3cc(-c4ccc(C5(c6ccccc6)c6ccccc6-c6ccccc65)cc4)nc(-c4ccccc4)n3)c2)cc1. The quantitative estimate of drug-likeness (QED) is 0.160. The van der Waals surface area contributed by atoms with E-state index in [-0.39, 0.29) is 0 Å². The third-order valence-corrected chi connectivity index (χ3v) is 13.7. The third-order valence-electron chi connectivity index (χ3n) is 12.6. The number of nitrogens with zero attached hydrogens (tertiary/aromatic N) is 2. The molecule has 1 aliphatic carbocycles. The summed E-state index contributed by atoms with van der Waals surface area (Å²) in [6.07, 6.45) is 0. The van der Waals surface area contributed by atoms with E-state index in [1.807, 2.05) is 17.4 Å². The molecule has 0 saturated carbocycles. The normalized spacial score (nSPS) is 12.6. The molecule has 2 aromatic heterocycles. The Morgan fingerprint density at radius 1 is 0.306 bits per heavy atom. The molecule has 0 N–H and O–H groups in total. The van der Waals surface area contributed by atoms with Crippen LogP contribution in [0.2, 0.25) is 0 Å². The highest BCUT2D eigenvalue weighted by atomic mass is 32.1. The average Bonchev–Trinajstić information content (AvgIpc) is 3.88. The zero-order valence-corrected chi connectivity index (χ0v) is 34.6. The van der Waals surface area contributed by atoms with Crippen molar-refractivity contribution in [2.75, 3.05) is 0 Å². The number of thiophene rings is 1. The van der Waals surface area contributed by atoms with Gasteiger partial charge in [0.25, 0.3) is 0 Å². The van der Waals surface area contributed by atoms with E-state index < -0.39 is 5.41 Å². The van der Waals surface area contributed by atoms with Gasteiger partial charge in [-0.1, -0.05) is 188 Å². The second-order valence-electron chi connectivity index (χ2n) is 16.1. The summed E-state index contributed by atoms with van der Waals surface area (Å²) in [6, 6.07) is 83.5. The van der Waals surface area contributed by atoms with E-state index in [4.69, 9.17) is 9.97 Å². The Kier molecular flexibility index (Phi) is 8.62. The van der Waals surface area contributed by atoms with Crippen LogP contribution in [0.4, 0.5) is 0 Å². The van der Waals surface area contributed by atoms with Gasteiger partial charge in [-0.15, -0.1) is 11.3 Å². The van der Waals surface area contributed by atoms with Crippen LogP contribution in [0.3, 0.4) is 0 Å². The van der Waals surface area contributed by atoms with Gasteiger partial charge in [-0.3, -0.25) is 0 Å². The summed E-state index contributed by atoms with van der Waals surface area (Å²) in [6.45, 7) is 0. The topological polar surface area (TPSA) is 25.8 Å². The standard InChI is InChI=1S/C59H38N2S/c1-4-16-39(17-5-1)43-34-44(42-30-33-57-51(37-42)50-24-12-15-27-56(50)62-57)36-45(35-43)55-38-54(60-58(61-55)41-18-6-2-7-19-41)40-28-31-47(32-29-40)59(46-20-8-3-9-21-46)52-25-13-10-22-48(52)49-23-11-14-26-53(49)59/h1-38H. The second kappa shape index (κ2) is 14.8. The van der Waals surface area contributed by atoms with Gasteiger partial charge in [0, 0.05) is 36.9 Å². The highest BCUT2D eigenvalue weighted by Crippen LogP contribution is 2.56. The molecule has 0 unspecified atom stereocenters. The van der Waals surface area contributed by atoms with Crippen LogP contribution < -0.4 is 0 Å². The maximum Gasteiger partial charge on any atom is 0.160 e. The van der Waals surface area contributed by atoms with Gasteiger partial charge >= 0.3 is 0 Å². The molecule has 9 aromatic carbocycles. The van der Waals surface area contributed by atoms with Gasteiger partial charge in [0.2, 0.25) is 0 Å². The van der Waals surface area contributed by atoms with E-state index in [1.54, 1.807) is 0 Å². The Bertz CT molecular complexity index is 3400. The van der Waals surface area contributed by atoms with Crippen molar-refractivity contribution in [1.29, 1.82) is 0 Å². The van der Waals surface area contributed by atoms with Gasteiger partial charge in [0.05, 0.1) is 16.8 Å². The van der Waals surface area contributed by atoms with Crippen LogP contribution in [-0.4, -0.2) is 9.97 Å². The van der Waals surface area contributed by atoms with E-state index in [2.05, 4.69) is 224 Å². The molecule has 0 aliphatic heterocycles. The Morgan fingerprint density at radius 3 is 1.50 bits per heavy atom. The summed E-state index contributed by atoms with van der Waals surface area (Å²) >= 11 is 1.85. The fraction of sp³-hybridized carbons (Fsp3) is 0.0169. The van der Waals surface area contributed by atoms with Crippen LogP contribution >= 0.6 is 11.3 Å². The minimum absolute atomic E-state index is 0.467. The van der Waals surface area contributed by atoms with Gasteiger partial charge < -0.3 is 0 Å². The predicted molar refractivity (Wildman–Crippen MR) is 259 cm³/mol. The molecule has 62 heavy (non-hydrogen) atoms. The summed E-state index contributed by atoms with van der Waals surface area (Å²) in [4.78, 5) is 10.6. The lowest BCUT2D eigenvalue weighted by molar-refractivity contribution is 0.768. The first-order chi connectivity index (χ1) is 30.7. The van der Waals surface area contributed by atoms with Crippen LogP contribution in [0.5, 0.6) is 0 Å². The van der Waals surface area contributed by atoms with Crippen molar-refractivity contribution in [2.24, 2.45) is 0 Å². The van der Waals surface area contributed by atoms with E-state index in [0.29, 0.717) is 5.82 Å². The van der Waals surface area contributed by atoms with Crippen LogP contribution in [0.15, 0.2) is 231 Å². The van der Waals surface area contributed by atoms with Crippen molar-refractivity contribution >= 4 is 31.5 Å². The van der Waals surface area contributed by atoms with Gasteiger partial charge in [-0.05, 0) is 98.1 Å². The molecule has 0 radical (unpaired) electrons. The zero-order valence-electron chi connectivity index (χ0n) is 33.7. The van der Waals surface area contributed by atoms with Crippen molar-refractivity contribution in [3.05, 3.63) is 253 Å². The molecule has 0 atom stereocenters. The fourth-order valence-corrected chi connectivity index (χ4v) is 10.8. The molecule has 3 heteroatoms. The molecule has 2 nitrogen and oxygen atoms in total. The first-order valence-corrected chi connectivity index (χ1v) is 22.0. The first-order valence-electron chi connectivity index (χ1n) is 21.1. The number of hydrogen-bond acceptors (Lipinski definition) is 3. The molecule has 1 aliphatic rings. The van der Waals surface area contributed by atoms with Crippen molar-refractivity contribution in [2.45, 2.75) is 5.41 Å². The Balaban J connectivity index is 1.03. The molecule has 0 spiro atoms. The minimum Gasteiger partial charge on any atom is -0.228 e. The number of benzene rings is 9. The third kappa shape index (κ3) is 5.93. The summed E-state index contributed by atoms with van der Waals surface area (Å²) < 4.78 is 2.60. The highest BCUT2D eigenvalue weighted by molar-refractivity contribution is 7.25. The summed E-state index contributed by atoms with van der Waals surface area (Å²) in [5.74, 6) is 0.694. The van der Waals surface area contributed by atoms with E-state index >= 15 is 0 Å². The Morgan fingerprint density at radius 2 is 0.806 bits per heavy atom. The maximum absolute atomic E-state index is 5.32. The second-order valence-corrected chi connectivity index (χ2v) is 17.2. The fourth-order valence-electron chi connectivity index (χ4n) is 9.71. The van der Waals surface area contributed by atoms with Crippen molar-refractivity contribution < 1.29 is 0 Å². The maximum atomic E-state index is 5.32. The molecular weight excluding hydrogens is 769 g/mol. The summed E-state index contributed by atoms with van der Waals surface area (Å²) in [7, 11) is 0. The molecule has 0 amide bonds. The Labute approximate surface area is 365 Å². The van der Waals surface area contributed by atoms with Crippen molar-refractivity contribution in [3.63, 3.8) is 0 Å². The summed E-state index contributed by atoms with van der Waals surface area (Å²) in [5, 5.41) is 2.58. The summed E-state index contributed by atoms with van der Waals surface area (Å²) in [5.41, 5.74) is 16.6. The van der Waals surface area contributed by atoms with Gasteiger partial charge in [-0.2, -0.15) is 0 Å². The highest BCUT2D eigenvalue weighted by Gasteiger charge is 2.45. The minimum atomic E-state index is -0.467. The molecule has 11 aromatic rings. The molecule has 0 saturated heterocycles. The molecule has 2 heterocycles. The number of hydrogen-bond donors (Lipinski definition) is 0. The van der Waals surface area contributed by atoms with Crippen LogP contribution in [-0.2, 0) is 5.41 Å². The van der Waals surface area contributed by atoms with Crippen LogP contribution in [0.25, 0.3) is 87.5 Å². The zero-order chi connectivity index (χ0) is 41.0. The molecule has 0 fully saturated rings. The molecule has 12 rings (SSSR count). The van der Waals surface area contributed by atoms with Gasteiger partial charge in [-0.25, -0.2) is 9.97 Å². The lowest BCUT2D eigenvalue weighted by atomic mass is 9.67. The van der Waals surface area contributed by atoms with E-state index in [0.717, 1.165) is 44.8 Å². The number of aromatic nitrogens is 2. The van der Waals surface area contributed by atoms with Gasteiger partial charge in [0.15, 0.2) is 5.82 Å². The lowest BCUT2D eigenvalue weighted by Gasteiger charge is -2.34. The average molecular weight is 807 g/mol. The van der Waals surface area contributed by atoms with Crippen LogP contribution in [0.1, 0.15) is 22.3 Å². The molecule has 290 valence electrons. The van der Waals surface area contributed by atoms with Crippen LogP contribution in [0, 0.1) is 0 Å². The monoisotopic (exact) mass is 806 g/mol. The predicted octanol–water partition coefficient (Wildman–Crippen LogP) is 15.5. The van der Waals surface area contributed by atoms with Crippen molar-refractivity contribution in [1.82, 2.24) is 9.97 Å². The largest absolute Gasteiger partial charge is 0.228 e. The van der Waals surface area contributed by atoms with E-state index in [1.165, 1.54) is 59.1 Å². The van der Waals surface area contributed by atoms with Gasteiger partial charge in [0.1, 0.15) is 0 Å². The molecule has 0 bridgehead atoms. The van der Waals surface area contributed by atoms with E-state index in [9.17, 15) is 0 Å². The smallest absolute Gasteiger partial charge is 0.160 e.